The quantitative estimate of drug-likeness (QED) is 0.903. The number of carbonyl (C=O) groups is 1. The predicted octanol–water partition coefficient (Wildman–Crippen LogP) is 3.36. The van der Waals surface area contributed by atoms with Crippen LogP contribution in [0.4, 0.5) is 0 Å². The summed E-state index contributed by atoms with van der Waals surface area (Å²) in [6, 6.07) is 9.08. The average molecular weight is 289 g/mol. The first kappa shape index (κ1) is 16.0. The third-order valence-corrected chi connectivity index (χ3v) is 4.57. The molecule has 0 radical (unpaired) electrons. The van der Waals surface area contributed by atoms with E-state index in [-0.39, 0.29) is 5.92 Å². The number of benzene rings is 1. The van der Waals surface area contributed by atoms with Crippen LogP contribution in [-0.4, -0.2) is 35.1 Å². The fourth-order valence-electron chi connectivity index (χ4n) is 3.38. The number of rotatable bonds is 5. The van der Waals surface area contributed by atoms with Gasteiger partial charge < -0.3 is 5.11 Å². The molecular weight excluding hydrogens is 262 g/mol. The highest BCUT2D eigenvalue weighted by Gasteiger charge is 2.30. The van der Waals surface area contributed by atoms with Crippen LogP contribution < -0.4 is 0 Å². The number of piperidine rings is 1. The third kappa shape index (κ3) is 4.31. The predicted molar refractivity (Wildman–Crippen MR) is 85.4 cm³/mol. The second-order valence-electron chi connectivity index (χ2n) is 6.68. The largest absolute Gasteiger partial charge is 0.481 e. The lowest BCUT2D eigenvalue weighted by Crippen LogP contribution is -2.47. The second kappa shape index (κ2) is 7.08. The molecule has 3 nitrogen and oxygen atoms in total. The summed E-state index contributed by atoms with van der Waals surface area (Å²) in [5.74, 6) is -0.312. The molecule has 1 N–H and O–H groups in total. The van der Waals surface area contributed by atoms with Gasteiger partial charge in [0.2, 0.25) is 0 Å². The fraction of sp³-hybridized carbons (Fsp3) is 0.611. The van der Waals surface area contributed by atoms with Crippen molar-refractivity contribution in [1.29, 1.82) is 0 Å². The first-order valence-electron chi connectivity index (χ1n) is 7.99. The van der Waals surface area contributed by atoms with Gasteiger partial charge in [-0.25, -0.2) is 0 Å². The summed E-state index contributed by atoms with van der Waals surface area (Å²) < 4.78 is 0. The molecule has 1 aliphatic rings. The molecule has 21 heavy (non-hydrogen) atoms. The lowest BCUT2D eigenvalue weighted by Gasteiger charge is -2.39. The van der Waals surface area contributed by atoms with Crippen LogP contribution in [0.1, 0.15) is 37.8 Å². The summed E-state index contributed by atoms with van der Waals surface area (Å²) in [4.78, 5) is 13.7. The van der Waals surface area contributed by atoms with Gasteiger partial charge in [-0.2, -0.15) is 0 Å². The van der Waals surface area contributed by atoms with E-state index >= 15 is 0 Å². The van der Waals surface area contributed by atoms with Crippen molar-refractivity contribution in [3.05, 3.63) is 35.4 Å². The lowest BCUT2D eigenvalue weighted by molar-refractivity contribution is -0.144. The Labute approximate surface area is 128 Å². The molecule has 1 saturated heterocycles. The van der Waals surface area contributed by atoms with Gasteiger partial charge in [-0.1, -0.05) is 43.7 Å². The molecule has 1 fully saturated rings. The summed E-state index contributed by atoms with van der Waals surface area (Å²) in [5, 5.41) is 9.28. The van der Waals surface area contributed by atoms with Crippen molar-refractivity contribution in [1.82, 2.24) is 4.90 Å². The van der Waals surface area contributed by atoms with Crippen LogP contribution in [0.5, 0.6) is 0 Å². The van der Waals surface area contributed by atoms with Gasteiger partial charge in [0, 0.05) is 12.6 Å². The molecule has 0 aromatic heterocycles. The minimum absolute atomic E-state index is 0.197. The molecule has 1 aliphatic heterocycles. The number of carboxylic acid groups (broad SMARTS) is 1. The van der Waals surface area contributed by atoms with Crippen molar-refractivity contribution in [2.45, 2.75) is 46.1 Å². The molecule has 0 aliphatic carbocycles. The molecule has 2 rings (SSSR count). The Morgan fingerprint density at radius 1 is 1.43 bits per heavy atom. The van der Waals surface area contributed by atoms with Gasteiger partial charge in [-0.05, 0) is 44.2 Å². The molecule has 116 valence electrons. The number of aryl methyl sites for hydroxylation is 1. The minimum Gasteiger partial charge on any atom is -0.481 e. The summed E-state index contributed by atoms with van der Waals surface area (Å²) in [7, 11) is 0. The SMILES string of the molecule is Cc1cccc(CC(C(C)C)N2CCCC(C(=O)O)C2)c1. The van der Waals surface area contributed by atoms with Crippen molar-refractivity contribution in [3.8, 4) is 0 Å². The maximum absolute atomic E-state index is 11.3. The molecule has 0 spiro atoms. The molecule has 3 heteroatoms. The van der Waals surface area contributed by atoms with Gasteiger partial charge in [0.05, 0.1) is 5.92 Å². The first-order valence-corrected chi connectivity index (χ1v) is 7.99. The van der Waals surface area contributed by atoms with E-state index in [1.165, 1.54) is 11.1 Å². The van der Waals surface area contributed by atoms with Crippen molar-refractivity contribution in [2.75, 3.05) is 13.1 Å². The topological polar surface area (TPSA) is 40.5 Å². The van der Waals surface area contributed by atoms with E-state index in [0.29, 0.717) is 18.5 Å². The Kier molecular flexibility index (Phi) is 5.40. The molecule has 0 bridgehead atoms. The summed E-state index contributed by atoms with van der Waals surface area (Å²) >= 11 is 0. The van der Waals surface area contributed by atoms with Crippen LogP contribution in [0.3, 0.4) is 0 Å². The summed E-state index contributed by atoms with van der Waals surface area (Å²) in [6.45, 7) is 8.33. The highest BCUT2D eigenvalue weighted by atomic mass is 16.4. The summed E-state index contributed by atoms with van der Waals surface area (Å²) in [6.07, 6.45) is 2.82. The Bertz CT molecular complexity index is 484. The molecule has 1 aromatic rings. The van der Waals surface area contributed by atoms with E-state index < -0.39 is 5.97 Å². The molecular formula is C18H27NO2. The smallest absolute Gasteiger partial charge is 0.307 e. The molecule has 1 heterocycles. The highest BCUT2D eigenvalue weighted by Crippen LogP contribution is 2.24. The summed E-state index contributed by atoms with van der Waals surface area (Å²) in [5.41, 5.74) is 2.64. The van der Waals surface area contributed by atoms with Gasteiger partial charge in [-0.15, -0.1) is 0 Å². The highest BCUT2D eigenvalue weighted by molar-refractivity contribution is 5.70. The molecule has 0 saturated carbocycles. The number of aliphatic carboxylic acids is 1. The van der Waals surface area contributed by atoms with Crippen molar-refractivity contribution < 1.29 is 9.90 Å². The molecule has 2 unspecified atom stereocenters. The molecule has 0 amide bonds. The lowest BCUT2D eigenvalue weighted by atomic mass is 9.90. The Balaban J connectivity index is 2.09. The molecule has 2 atom stereocenters. The van der Waals surface area contributed by atoms with Crippen LogP contribution in [0, 0.1) is 18.8 Å². The Morgan fingerprint density at radius 2 is 2.19 bits per heavy atom. The fourth-order valence-corrected chi connectivity index (χ4v) is 3.38. The van der Waals surface area contributed by atoms with Crippen LogP contribution in [0.2, 0.25) is 0 Å². The van der Waals surface area contributed by atoms with Crippen molar-refractivity contribution in [2.24, 2.45) is 11.8 Å². The molecule has 1 aromatic carbocycles. The van der Waals surface area contributed by atoms with Gasteiger partial charge in [0.1, 0.15) is 0 Å². The van der Waals surface area contributed by atoms with Gasteiger partial charge in [0.15, 0.2) is 0 Å². The van der Waals surface area contributed by atoms with E-state index in [1.807, 2.05) is 0 Å². The maximum atomic E-state index is 11.3. The monoisotopic (exact) mass is 289 g/mol. The standard InChI is InChI=1S/C18H27NO2/c1-13(2)17(11-15-7-4-6-14(3)10-15)19-9-5-8-16(12-19)18(20)21/h4,6-7,10,13,16-17H,5,8-9,11-12H2,1-3H3,(H,20,21). The third-order valence-electron chi connectivity index (χ3n) is 4.57. The van der Waals surface area contributed by atoms with Crippen LogP contribution in [-0.2, 0) is 11.2 Å². The van der Waals surface area contributed by atoms with Gasteiger partial charge >= 0.3 is 5.97 Å². The van der Waals surface area contributed by atoms with Gasteiger partial charge in [0.25, 0.3) is 0 Å². The average Bonchev–Trinajstić information content (AvgIpc) is 2.44. The van der Waals surface area contributed by atoms with Crippen LogP contribution in [0.25, 0.3) is 0 Å². The van der Waals surface area contributed by atoms with E-state index in [2.05, 4.69) is 49.9 Å². The van der Waals surface area contributed by atoms with Crippen molar-refractivity contribution in [3.63, 3.8) is 0 Å². The maximum Gasteiger partial charge on any atom is 0.307 e. The number of likely N-dealkylation sites (tertiary alicyclic amines) is 1. The van der Waals surface area contributed by atoms with Crippen molar-refractivity contribution >= 4 is 5.97 Å². The van der Waals surface area contributed by atoms with E-state index in [4.69, 9.17) is 0 Å². The number of hydrogen-bond acceptors (Lipinski definition) is 2. The minimum atomic E-state index is -0.641. The van der Waals surface area contributed by atoms with Crippen LogP contribution in [0.15, 0.2) is 24.3 Å². The van der Waals surface area contributed by atoms with E-state index in [9.17, 15) is 9.90 Å². The number of hydrogen-bond donors (Lipinski definition) is 1. The zero-order chi connectivity index (χ0) is 15.4. The Hall–Kier alpha value is -1.35. The normalized spacial score (nSPS) is 21.4. The second-order valence-corrected chi connectivity index (χ2v) is 6.68. The van der Waals surface area contributed by atoms with Gasteiger partial charge in [-0.3, -0.25) is 9.69 Å². The number of nitrogens with zero attached hydrogens (tertiary/aromatic N) is 1. The Morgan fingerprint density at radius 3 is 2.81 bits per heavy atom. The zero-order valence-electron chi connectivity index (χ0n) is 13.4. The van der Waals surface area contributed by atoms with Crippen LogP contribution >= 0.6 is 0 Å². The first-order chi connectivity index (χ1) is 9.97. The zero-order valence-corrected chi connectivity index (χ0v) is 13.4. The number of carboxylic acids is 1. The van der Waals surface area contributed by atoms with E-state index in [1.54, 1.807) is 0 Å². The van der Waals surface area contributed by atoms with E-state index in [0.717, 1.165) is 25.8 Å².